The summed E-state index contributed by atoms with van der Waals surface area (Å²) >= 11 is 0. The Morgan fingerprint density at radius 1 is 1.36 bits per heavy atom. The highest BCUT2D eigenvalue weighted by atomic mass is 31.2. The van der Waals surface area contributed by atoms with Gasteiger partial charge in [0.2, 0.25) is 5.91 Å². The van der Waals surface area contributed by atoms with E-state index >= 15 is 0 Å². The number of rotatable bonds is 8. The van der Waals surface area contributed by atoms with Crippen LogP contribution in [0.4, 0.5) is 5.82 Å². The first-order chi connectivity index (χ1) is 15.8. The molecule has 3 aliphatic heterocycles. The molecule has 5 atom stereocenters. The molecule has 0 radical (unpaired) electrons. The summed E-state index contributed by atoms with van der Waals surface area (Å²) in [5, 5.41) is 2.67. The summed E-state index contributed by atoms with van der Waals surface area (Å²) in [4.78, 5) is 28.6. The molecule has 10 heteroatoms. The molecular formula is C23H37N4O5P. The lowest BCUT2D eigenvalue weighted by molar-refractivity contribution is -0.118. The fourth-order valence-corrected chi connectivity index (χ4v) is 7.39. The van der Waals surface area contributed by atoms with E-state index in [4.69, 9.17) is 13.8 Å². The Kier molecular flexibility index (Phi) is 7.56. The monoisotopic (exact) mass is 480 g/mol. The van der Waals surface area contributed by atoms with Crippen molar-refractivity contribution in [1.29, 1.82) is 0 Å². The van der Waals surface area contributed by atoms with Crippen molar-refractivity contribution in [3.8, 4) is 0 Å². The van der Waals surface area contributed by atoms with E-state index in [9.17, 15) is 9.59 Å². The predicted octanol–water partition coefficient (Wildman–Crippen LogP) is 4.20. The van der Waals surface area contributed by atoms with Crippen molar-refractivity contribution in [2.45, 2.75) is 103 Å². The minimum Gasteiger partial charge on any atom is -0.352 e. The summed E-state index contributed by atoms with van der Waals surface area (Å²) in [6.45, 7) is 11.1. The van der Waals surface area contributed by atoms with Crippen LogP contribution in [0.2, 0.25) is 0 Å². The predicted molar refractivity (Wildman–Crippen MR) is 127 cm³/mol. The topological polar surface area (TPSA) is 94.9 Å². The molecule has 0 spiro atoms. The van der Waals surface area contributed by atoms with Gasteiger partial charge < -0.3 is 19.1 Å². The molecule has 0 bridgehead atoms. The van der Waals surface area contributed by atoms with Crippen LogP contribution in [0.1, 0.15) is 79.4 Å². The van der Waals surface area contributed by atoms with Crippen molar-refractivity contribution in [2.75, 3.05) is 11.9 Å². The fraction of sp³-hybridized carbons (Fsp3) is 0.783. The lowest BCUT2D eigenvalue weighted by Gasteiger charge is -2.30. The van der Waals surface area contributed by atoms with Crippen LogP contribution in [-0.4, -0.2) is 50.5 Å². The number of hydrogen-bond donors (Lipinski definition) is 1. The first kappa shape index (κ1) is 24.7. The van der Waals surface area contributed by atoms with Gasteiger partial charge in [-0.1, -0.05) is 34.6 Å². The summed E-state index contributed by atoms with van der Waals surface area (Å²) in [6.07, 6.45) is 6.56. The molecule has 0 saturated carbocycles. The molecule has 1 aromatic heterocycles. The van der Waals surface area contributed by atoms with Crippen molar-refractivity contribution in [3.05, 3.63) is 22.7 Å². The van der Waals surface area contributed by atoms with Gasteiger partial charge in [-0.3, -0.25) is 9.36 Å². The number of hydrogen-bond acceptors (Lipinski definition) is 7. The average Bonchev–Trinajstić information content (AvgIpc) is 3.50. The van der Waals surface area contributed by atoms with Crippen LogP contribution < -0.4 is 11.0 Å². The Balaban J connectivity index is 1.46. The van der Waals surface area contributed by atoms with Gasteiger partial charge in [-0.05, 0) is 38.2 Å². The van der Waals surface area contributed by atoms with Gasteiger partial charge in [0.1, 0.15) is 12.0 Å². The quantitative estimate of drug-likeness (QED) is 0.557. The third-order valence-corrected chi connectivity index (χ3v) is 9.09. The van der Waals surface area contributed by atoms with Crippen molar-refractivity contribution >= 4 is 20.3 Å². The molecule has 0 aliphatic carbocycles. The Morgan fingerprint density at radius 3 is 2.76 bits per heavy atom. The van der Waals surface area contributed by atoms with Crippen LogP contribution >= 0.6 is 8.53 Å². The third-order valence-electron chi connectivity index (χ3n) is 7.22. The lowest BCUT2D eigenvalue weighted by Crippen LogP contribution is -2.40. The van der Waals surface area contributed by atoms with Crippen molar-refractivity contribution in [1.82, 2.24) is 14.2 Å². The zero-order valence-corrected chi connectivity index (χ0v) is 21.2. The largest absolute Gasteiger partial charge is 0.352 e. The number of ether oxygens (including phenoxy) is 1. The SMILES string of the molecule is CC[C@H]1O[C@@H](n2ccc(NC(=O)C(C)C)nc2=O)CC1O[P@@]1OC(CC)(CC)[C@@H]2CCCN21. The highest BCUT2D eigenvalue weighted by Crippen LogP contribution is 2.62. The van der Waals surface area contributed by atoms with E-state index in [1.54, 1.807) is 26.1 Å². The molecule has 4 heterocycles. The minimum absolute atomic E-state index is 0.118. The number of aromatic nitrogens is 2. The zero-order chi connectivity index (χ0) is 23.8. The van der Waals surface area contributed by atoms with Crippen LogP contribution in [0.5, 0.6) is 0 Å². The molecule has 3 aliphatic rings. The van der Waals surface area contributed by atoms with Crippen molar-refractivity contribution in [2.24, 2.45) is 5.92 Å². The molecule has 4 rings (SSSR count). The molecule has 1 unspecified atom stereocenters. The Morgan fingerprint density at radius 2 is 2.12 bits per heavy atom. The van der Waals surface area contributed by atoms with Gasteiger partial charge in [-0.2, -0.15) is 4.98 Å². The number of nitrogens with zero attached hydrogens (tertiary/aromatic N) is 3. The second kappa shape index (κ2) is 10.1. The molecular weight excluding hydrogens is 443 g/mol. The van der Waals surface area contributed by atoms with E-state index in [0.29, 0.717) is 12.5 Å². The smallest absolute Gasteiger partial charge is 0.351 e. The molecule has 9 nitrogen and oxygen atoms in total. The second-order valence-corrected chi connectivity index (χ2v) is 10.9. The lowest BCUT2D eigenvalue weighted by atomic mass is 9.88. The summed E-state index contributed by atoms with van der Waals surface area (Å²) in [6, 6.07) is 2.06. The zero-order valence-electron chi connectivity index (χ0n) is 20.3. The second-order valence-electron chi connectivity index (χ2n) is 9.49. The standard InChI is InChI=1S/C23H37N4O5P/c1-6-16-17(31-33-27-12-9-10-18(27)23(7-2,8-3)32-33)14-20(30-16)26-13-11-19(25-22(26)29)24-21(28)15(4)5/h11,13,15-18,20H,6-10,12,14H2,1-5H3,(H,24,25,28,29)/t16-,17?,18+,20-,33+/m1/s1. The highest BCUT2D eigenvalue weighted by molar-refractivity contribution is 7.45. The van der Waals surface area contributed by atoms with Crippen LogP contribution in [0.3, 0.4) is 0 Å². The average molecular weight is 481 g/mol. The molecule has 33 heavy (non-hydrogen) atoms. The normalized spacial score (nSPS) is 31.3. The first-order valence-electron chi connectivity index (χ1n) is 12.3. The number of anilines is 1. The highest BCUT2D eigenvalue weighted by Gasteiger charge is 2.56. The fourth-order valence-electron chi connectivity index (χ4n) is 5.12. The van der Waals surface area contributed by atoms with Crippen molar-refractivity contribution < 1.29 is 18.6 Å². The molecule has 184 valence electrons. The number of carbonyl (C=O) groups excluding carboxylic acids is 1. The molecule has 0 aromatic carbocycles. The van der Waals surface area contributed by atoms with Gasteiger partial charge in [-0.25, -0.2) is 9.46 Å². The van der Waals surface area contributed by atoms with Crippen LogP contribution in [0.15, 0.2) is 17.1 Å². The van der Waals surface area contributed by atoms with E-state index in [-0.39, 0.29) is 35.5 Å². The molecule has 1 N–H and O–H groups in total. The molecule has 3 saturated heterocycles. The van der Waals surface area contributed by atoms with E-state index in [1.165, 1.54) is 11.0 Å². The van der Waals surface area contributed by atoms with Gasteiger partial charge in [0, 0.05) is 31.1 Å². The van der Waals surface area contributed by atoms with Gasteiger partial charge in [0.25, 0.3) is 8.53 Å². The first-order valence-corrected chi connectivity index (χ1v) is 13.4. The van der Waals surface area contributed by atoms with E-state index in [1.807, 2.05) is 0 Å². The Bertz CT molecular complexity index is 905. The van der Waals surface area contributed by atoms with Crippen LogP contribution in [-0.2, 0) is 18.6 Å². The minimum atomic E-state index is -1.14. The third kappa shape index (κ3) is 4.76. The number of amides is 1. The Hall–Kier alpha value is -1.38. The summed E-state index contributed by atoms with van der Waals surface area (Å²) < 4.78 is 23.3. The number of fused-ring (bicyclic) bond motifs is 1. The van der Waals surface area contributed by atoms with Crippen LogP contribution in [0.25, 0.3) is 0 Å². The summed E-state index contributed by atoms with van der Waals surface area (Å²) in [5.41, 5.74) is -0.574. The van der Waals surface area contributed by atoms with Gasteiger partial charge in [0.15, 0.2) is 0 Å². The van der Waals surface area contributed by atoms with Gasteiger partial charge in [-0.15, -0.1) is 0 Å². The molecule has 3 fully saturated rings. The van der Waals surface area contributed by atoms with E-state index < -0.39 is 20.4 Å². The van der Waals surface area contributed by atoms with E-state index in [0.717, 1.165) is 32.2 Å². The van der Waals surface area contributed by atoms with Gasteiger partial charge >= 0.3 is 5.69 Å². The summed E-state index contributed by atoms with van der Waals surface area (Å²) in [7, 11) is -1.14. The maximum Gasteiger partial charge on any atom is 0.351 e. The van der Waals surface area contributed by atoms with Crippen LogP contribution in [0, 0.1) is 5.92 Å². The Labute approximate surface area is 197 Å². The van der Waals surface area contributed by atoms with Crippen molar-refractivity contribution in [3.63, 3.8) is 0 Å². The van der Waals surface area contributed by atoms with Gasteiger partial charge in [0.05, 0.1) is 17.8 Å². The maximum atomic E-state index is 12.7. The molecule has 1 aromatic rings. The summed E-state index contributed by atoms with van der Waals surface area (Å²) in [5.74, 6) is -0.110. The number of carbonyl (C=O) groups is 1. The number of nitrogens with one attached hydrogen (secondary N) is 1. The molecule has 1 amide bonds. The maximum absolute atomic E-state index is 12.7. The van der Waals surface area contributed by atoms with E-state index in [2.05, 4.69) is 35.7 Å².